The Morgan fingerprint density at radius 3 is 1.79 bits per heavy atom. The smallest absolute Gasteiger partial charge is 0.146 e. The maximum absolute atomic E-state index is 5.06. The first kappa shape index (κ1) is 17.7. The molecule has 2 heterocycles. The van der Waals surface area contributed by atoms with E-state index in [2.05, 4.69) is 109 Å². The fourth-order valence-electron chi connectivity index (χ4n) is 4.19. The van der Waals surface area contributed by atoms with Crippen LogP contribution < -0.4 is 9.80 Å². The van der Waals surface area contributed by atoms with Crippen molar-refractivity contribution in [1.29, 1.82) is 0 Å². The molecule has 3 heteroatoms. The number of para-hydroxylation sites is 1. The summed E-state index contributed by atoms with van der Waals surface area (Å²) in [5.41, 5.74) is 7.18. The summed E-state index contributed by atoms with van der Waals surface area (Å²) in [6.07, 6.45) is 0.0741. The van der Waals surface area contributed by atoms with E-state index in [9.17, 15) is 0 Å². The lowest BCUT2D eigenvalue weighted by molar-refractivity contribution is 0.697. The van der Waals surface area contributed by atoms with Gasteiger partial charge < -0.3 is 9.80 Å². The van der Waals surface area contributed by atoms with Gasteiger partial charge in [0.05, 0.1) is 11.2 Å². The molecular formula is C26H25N3. The Balaban J connectivity index is 1.61. The minimum atomic E-state index is 0.0741. The first-order valence-electron chi connectivity index (χ1n) is 10.2. The maximum Gasteiger partial charge on any atom is 0.146 e. The van der Waals surface area contributed by atoms with Crippen LogP contribution in [0.25, 0.3) is 10.9 Å². The van der Waals surface area contributed by atoms with Gasteiger partial charge in [0.1, 0.15) is 6.17 Å². The lowest BCUT2D eigenvalue weighted by Crippen LogP contribution is -2.31. The maximum atomic E-state index is 5.06. The number of rotatable bonds is 3. The Kier molecular flexibility index (Phi) is 4.44. The fourth-order valence-corrected chi connectivity index (χ4v) is 4.19. The van der Waals surface area contributed by atoms with Gasteiger partial charge in [0.25, 0.3) is 0 Å². The first-order chi connectivity index (χ1) is 14.2. The Labute approximate surface area is 172 Å². The molecule has 5 rings (SSSR count). The van der Waals surface area contributed by atoms with E-state index in [-0.39, 0.29) is 6.17 Å². The molecule has 1 aliphatic heterocycles. The largest absolute Gasteiger partial charge is 0.344 e. The standard InChI is InChI=1S/C26H25N3/c1-19-7-12-22(13-8-19)28-17-18-29(23-14-9-20(2)10-15-23)26(28)25-16-11-21-5-3-4-6-24(21)27-25/h3-16,26H,17-18H2,1-2H3. The SMILES string of the molecule is Cc1ccc(N2CCN(c3ccc(C)cc3)C2c2ccc3ccccc3n2)cc1. The molecule has 1 aromatic heterocycles. The molecule has 3 aromatic carbocycles. The van der Waals surface area contributed by atoms with Gasteiger partial charge in [-0.1, -0.05) is 59.7 Å². The highest BCUT2D eigenvalue weighted by Crippen LogP contribution is 2.37. The summed E-state index contributed by atoms with van der Waals surface area (Å²) in [4.78, 5) is 10.00. The molecule has 1 fully saturated rings. The predicted octanol–water partition coefficient (Wildman–Crippen LogP) is 5.88. The summed E-state index contributed by atoms with van der Waals surface area (Å²) in [7, 11) is 0. The van der Waals surface area contributed by atoms with Crippen molar-refractivity contribution in [3.05, 3.63) is 102 Å². The van der Waals surface area contributed by atoms with Gasteiger partial charge in [-0.05, 0) is 50.2 Å². The first-order valence-corrected chi connectivity index (χ1v) is 10.2. The summed E-state index contributed by atoms with van der Waals surface area (Å²) in [6, 6.07) is 30.4. The van der Waals surface area contributed by atoms with Crippen molar-refractivity contribution in [2.75, 3.05) is 22.9 Å². The second-order valence-corrected chi connectivity index (χ2v) is 7.86. The number of hydrogen-bond donors (Lipinski definition) is 0. The van der Waals surface area contributed by atoms with Gasteiger partial charge in [-0.2, -0.15) is 0 Å². The quantitative estimate of drug-likeness (QED) is 0.443. The molecule has 0 unspecified atom stereocenters. The van der Waals surface area contributed by atoms with Crippen molar-refractivity contribution >= 4 is 22.3 Å². The van der Waals surface area contributed by atoms with E-state index >= 15 is 0 Å². The van der Waals surface area contributed by atoms with Crippen molar-refractivity contribution in [3.8, 4) is 0 Å². The summed E-state index contributed by atoms with van der Waals surface area (Å²) in [6.45, 7) is 6.20. The van der Waals surface area contributed by atoms with Crippen LogP contribution in [0.4, 0.5) is 11.4 Å². The zero-order valence-electron chi connectivity index (χ0n) is 16.9. The molecule has 29 heavy (non-hydrogen) atoms. The van der Waals surface area contributed by atoms with Gasteiger partial charge in [-0.25, -0.2) is 4.98 Å². The van der Waals surface area contributed by atoms with Crippen molar-refractivity contribution in [2.24, 2.45) is 0 Å². The van der Waals surface area contributed by atoms with Crippen LogP contribution in [0.5, 0.6) is 0 Å². The zero-order chi connectivity index (χ0) is 19.8. The van der Waals surface area contributed by atoms with E-state index in [0.29, 0.717) is 0 Å². The van der Waals surface area contributed by atoms with Crippen LogP contribution in [-0.4, -0.2) is 18.1 Å². The van der Waals surface area contributed by atoms with E-state index in [1.54, 1.807) is 0 Å². The van der Waals surface area contributed by atoms with Crippen molar-refractivity contribution in [1.82, 2.24) is 4.98 Å². The second kappa shape index (κ2) is 7.25. The van der Waals surface area contributed by atoms with Crippen LogP contribution in [0.3, 0.4) is 0 Å². The van der Waals surface area contributed by atoms with Gasteiger partial charge in [0.15, 0.2) is 0 Å². The third-order valence-electron chi connectivity index (χ3n) is 5.79. The number of aromatic nitrogens is 1. The minimum Gasteiger partial charge on any atom is -0.344 e. The molecule has 1 aliphatic rings. The van der Waals surface area contributed by atoms with Crippen LogP contribution >= 0.6 is 0 Å². The average Bonchev–Trinajstić information content (AvgIpc) is 3.19. The van der Waals surface area contributed by atoms with Crippen LogP contribution in [0.15, 0.2) is 84.9 Å². The number of nitrogens with zero attached hydrogens (tertiary/aromatic N) is 3. The molecule has 0 saturated carbocycles. The summed E-state index contributed by atoms with van der Waals surface area (Å²) in [5.74, 6) is 0. The van der Waals surface area contributed by atoms with E-state index in [1.165, 1.54) is 27.9 Å². The van der Waals surface area contributed by atoms with E-state index in [0.717, 1.165) is 24.3 Å². The number of fused-ring (bicyclic) bond motifs is 1. The molecule has 0 amide bonds. The van der Waals surface area contributed by atoms with Crippen LogP contribution in [0.2, 0.25) is 0 Å². The number of anilines is 2. The molecule has 0 aliphatic carbocycles. The molecule has 144 valence electrons. The molecule has 0 spiro atoms. The highest BCUT2D eigenvalue weighted by Gasteiger charge is 2.34. The highest BCUT2D eigenvalue weighted by atomic mass is 15.4. The molecule has 0 N–H and O–H groups in total. The Hall–Kier alpha value is -3.33. The number of pyridine rings is 1. The molecule has 0 bridgehead atoms. The lowest BCUT2D eigenvalue weighted by Gasteiger charge is -2.32. The average molecular weight is 380 g/mol. The number of aryl methyl sites for hydroxylation is 2. The summed E-state index contributed by atoms with van der Waals surface area (Å²) in [5, 5.41) is 1.18. The molecular weight excluding hydrogens is 354 g/mol. The third-order valence-corrected chi connectivity index (χ3v) is 5.79. The lowest BCUT2D eigenvalue weighted by atomic mass is 10.1. The zero-order valence-corrected chi connectivity index (χ0v) is 16.9. The van der Waals surface area contributed by atoms with E-state index in [4.69, 9.17) is 4.98 Å². The summed E-state index contributed by atoms with van der Waals surface area (Å²) >= 11 is 0. The van der Waals surface area contributed by atoms with Crippen LogP contribution in [0, 0.1) is 13.8 Å². The second-order valence-electron chi connectivity index (χ2n) is 7.86. The van der Waals surface area contributed by atoms with Crippen LogP contribution in [-0.2, 0) is 0 Å². The van der Waals surface area contributed by atoms with Gasteiger partial charge >= 0.3 is 0 Å². The van der Waals surface area contributed by atoms with Crippen molar-refractivity contribution < 1.29 is 0 Å². The van der Waals surface area contributed by atoms with Crippen molar-refractivity contribution in [2.45, 2.75) is 20.0 Å². The van der Waals surface area contributed by atoms with E-state index < -0.39 is 0 Å². The number of benzene rings is 3. The Morgan fingerprint density at radius 2 is 1.21 bits per heavy atom. The number of hydrogen-bond acceptors (Lipinski definition) is 3. The Morgan fingerprint density at radius 1 is 0.655 bits per heavy atom. The van der Waals surface area contributed by atoms with E-state index in [1.807, 2.05) is 0 Å². The van der Waals surface area contributed by atoms with Gasteiger partial charge in [-0.3, -0.25) is 0 Å². The topological polar surface area (TPSA) is 19.4 Å². The minimum absolute atomic E-state index is 0.0741. The third kappa shape index (κ3) is 3.33. The normalized spacial score (nSPS) is 14.7. The highest BCUT2D eigenvalue weighted by molar-refractivity contribution is 5.78. The summed E-state index contributed by atoms with van der Waals surface area (Å²) < 4.78 is 0. The van der Waals surface area contributed by atoms with Crippen LogP contribution in [0.1, 0.15) is 23.0 Å². The molecule has 1 saturated heterocycles. The van der Waals surface area contributed by atoms with Gasteiger partial charge in [-0.15, -0.1) is 0 Å². The molecule has 4 aromatic rings. The Bertz CT molecular complexity index is 1080. The monoisotopic (exact) mass is 379 g/mol. The van der Waals surface area contributed by atoms with Crippen molar-refractivity contribution in [3.63, 3.8) is 0 Å². The molecule has 3 nitrogen and oxygen atoms in total. The predicted molar refractivity (Wildman–Crippen MR) is 122 cm³/mol. The fraction of sp³-hybridized carbons (Fsp3) is 0.192. The van der Waals surface area contributed by atoms with Gasteiger partial charge in [0, 0.05) is 29.9 Å². The molecule has 0 radical (unpaired) electrons. The molecule has 0 atom stereocenters. The van der Waals surface area contributed by atoms with Gasteiger partial charge in [0.2, 0.25) is 0 Å².